The minimum absolute atomic E-state index is 0.274. The second-order valence-electron chi connectivity index (χ2n) is 4.36. The van der Waals surface area contributed by atoms with Gasteiger partial charge in [0, 0.05) is 5.56 Å². The standard InChI is InChI=1S/C15H14ClF2NO2/c1-20-12-6-4-9(15(21-2)13(12)16)14(19)8-3-5-10(17)11(18)7-8/h3-7,14H,19H2,1-2H3. The molecule has 0 bridgehead atoms. The van der Waals surface area contributed by atoms with Crippen molar-refractivity contribution in [3.63, 3.8) is 0 Å². The van der Waals surface area contributed by atoms with Gasteiger partial charge in [-0.15, -0.1) is 0 Å². The predicted molar refractivity (Wildman–Crippen MR) is 76.9 cm³/mol. The van der Waals surface area contributed by atoms with Gasteiger partial charge in [0.15, 0.2) is 11.6 Å². The van der Waals surface area contributed by atoms with Gasteiger partial charge in [-0.05, 0) is 29.8 Å². The van der Waals surface area contributed by atoms with Crippen molar-refractivity contribution < 1.29 is 18.3 Å². The van der Waals surface area contributed by atoms with Gasteiger partial charge in [0.05, 0.1) is 20.3 Å². The van der Waals surface area contributed by atoms with E-state index in [2.05, 4.69) is 0 Å². The van der Waals surface area contributed by atoms with Crippen LogP contribution >= 0.6 is 11.6 Å². The molecule has 0 saturated heterocycles. The van der Waals surface area contributed by atoms with Gasteiger partial charge in [-0.2, -0.15) is 0 Å². The Bertz CT molecular complexity index is 664. The summed E-state index contributed by atoms with van der Waals surface area (Å²) < 4.78 is 36.7. The fourth-order valence-corrected chi connectivity index (χ4v) is 2.37. The number of hydrogen-bond acceptors (Lipinski definition) is 3. The number of hydrogen-bond donors (Lipinski definition) is 1. The molecule has 0 heterocycles. The highest BCUT2D eigenvalue weighted by atomic mass is 35.5. The third-order valence-electron chi connectivity index (χ3n) is 3.15. The summed E-state index contributed by atoms with van der Waals surface area (Å²) in [4.78, 5) is 0. The highest BCUT2D eigenvalue weighted by Crippen LogP contribution is 2.40. The Morgan fingerprint density at radius 2 is 1.76 bits per heavy atom. The van der Waals surface area contributed by atoms with Crippen LogP contribution in [0.3, 0.4) is 0 Å². The lowest BCUT2D eigenvalue weighted by Crippen LogP contribution is -2.14. The highest BCUT2D eigenvalue weighted by molar-refractivity contribution is 6.33. The summed E-state index contributed by atoms with van der Waals surface area (Å²) in [5, 5.41) is 0.274. The third kappa shape index (κ3) is 2.94. The first kappa shape index (κ1) is 15.5. The average Bonchev–Trinajstić information content (AvgIpc) is 2.49. The molecule has 2 aromatic rings. The van der Waals surface area contributed by atoms with Crippen molar-refractivity contribution in [3.05, 3.63) is 58.1 Å². The Morgan fingerprint density at radius 3 is 2.33 bits per heavy atom. The normalized spacial score (nSPS) is 12.1. The topological polar surface area (TPSA) is 44.5 Å². The van der Waals surface area contributed by atoms with Crippen LogP contribution in [0.25, 0.3) is 0 Å². The second-order valence-corrected chi connectivity index (χ2v) is 4.73. The molecule has 112 valence electrons. The first-order valence-corrected chi connectivity index (χ1v) is 6.48. The zero-order chi connectivity index (χ0) is 15.6. The predicted octanol–water partition coefficient (Wildman–Crippen LogP) is 3.68. The van der Waals surface area contributed by atoms with Crippen molar-refractivity contribution in [2.45, 2.75) is 6.04 Å². The Balaban J connectivity index is 2.50. The first-order valence-electron chi connectivity index (χ1n) is 6.10. The van der Waals surface area contributed by atoms with E-state index >= 15 is 0 Å². The maximum atomic E-state index is 13.3. The average molecular weight is 314 g/mol. The number of methoxy groups -OCH3 is 2. The molecular weight excluding hydrogens is 300 g/mol. The Hall–Kier alpha value is -1.85. The van der Waals surface area contributed by atoms with E-state index < -0.39 is 17.7 Å². The first-order chi connectivity index (χ1) is 9.99. The summed E-state index contributed by atoms with van der Waals surface area (Å²) in [5.74, 6) is -1.10. The molecule has 3 nitrogen and oxygen atoms in total. The zero-order valence-corrected chi connectivity index (χ0v) is 12.2. The molecule has 2 N–H and O–H groups in total. The van der Waals surface area contributed by atoms with Crippen molar-refractivity contribution in [1.82, 2.24) is 0 Å². The molecule has 0 amide bonds. The molecule has 0 aliphatic heterocycles. The molecular formula is C15H14ClF2NO2. The maximum absolute atomic E-state index is 13.3. The molecule has 0 radical (unpaired) electrons. The molecule has 1 unspecified atom stereocenters. The summed E-state index contributed by atoms with van der Waals surface area (Å²) in [5.41, 5.74) is 7.06. The van der Waals surface area contributed by atoms with Crippen LogP contribution in [0, 0.1) is 11.6 Å². The summed E-state index contributed by atoms with van der Waals surface area (Å²) >= 11 is 6.16. The Kier molecular flexibility index (Phi) is 4.65. The van der Waals surface area contributed by atoms with Crippen LogP contribution in [-0.2, 0) is 0 Å². The quantitative estimate of drug-likeness (QED) is 0.936. The van der Waals surface area contributed by atoms with Crippen molar-refractivity contribution in [1.29, 1.82) is 0 Å². The molecule has 21 heavy (non-hydrogen) atoms. The van der Waals surface area contributed by atoms with Crippen LogP contribution < -0.4 is 15.2 Å². The van der Waals surface area contributed by atoms with Gasteiger partial charge in [-0.3, -0.25) is 0 Å². The fourth-order valence-electron chi connectivity index (χ4n) is 2.05. The summed E-state index contributed by atoms with van der Waals surface area (Å²) in [6.07, 6.45) is 0. The van der Waals surface area contributed by atoms with Crippen LogP contribution in [0.15, 0.2) is 30.3 Å². The van der Waals surface area contributed by atoms with E-state index in [0.29, 0.717) is 22.6 Å². The molecule has 1 atom stereocenters. The van der Waals surface area contributed by atoms with Gasteiger partial charge in [0.25, 0.3) is 0 Å². The molecule has 0 aromatic heterocycles. The molecule has 2 aromatic carbocycles. The van der Waals surface area contributed by atoms with E-state index in [1.165, 1.54) is 20.3 Å². The van der Waals surface area contributed by atoms with Gasteiger partial charge in [0.2, 0.25) is 0 Å². The van der Waals surface area contributed by atoms with Crippen LogP contribution in [0.2, 0.25) is 5.02 Å². The minimum Gasteiger partial charge on any atom is -0.495 e. The monoisotopic (exact) mass is 313 g/mol. The maximum Gasteiger partial charge on any atom is 0.159 e. The van der Waals surface area contributed by atoms with Crippen molar-refractivity contribution >= 4 is 11.6 Å². The number of rotatable bonds is 4. The number of ether oxygens (including phenoxy) is 2. The van der Waals surface area contributed by atoms with Crippen molar-refractivity contribution in [2.75, 3.05) is 14.2 Å². The SMILES string of the molecule is COc1ccc(C(N)c2ccc(F)c(F)c2)c(OC)c1Cl. The Morgan fingerprint density at radius 1 is 1.05 bits per heavy atom. The molecule has 0 aliphatic carbocycles. The van der Waals surface area contributed by atoms with Crippen LogP contribution in [-0.4, -0.2) is 14.2 Å². The smallest absolute Gasteiger partial charge is 0.159 e. The highest BCUT2D eigenvalue weighted by Gasteiger charge is 2.20. The van der Waals surface area contributed by atoms with Gasteiger partial charge in [0.1, 0.15) is 16.5 Å². The third-order valence-corrected chi connectivity index (χ3v) is 3.51. The molecule has 0 spiro atoms. The summed E-state index contributed by atoms with van der Waals surface area (Å²) in [7, 11) is 2.93. The molecule has 2 rings (SSSR count). The molecule has 6 heteroatoms. The van der Waals surface area contributed by atoms with Gasteiger partial charge in [-0.25, -0.2) is 8.78 Å². The lowest BCUT2D eigenvalue weighted by atomic mass is 9.98. The molecule has 0 saturated carbocycles. The lowest BCUT2D eigenvalue weighted by Gasteiger charge is -2.18. The van der Waals surface area contributed by atoms with Gasteiger partial charge < -0.3 is 15.2 Å². The second kappa shape index (κ2) is 6.28. The van der Waals surface area contributed by atoms with Crippen molar-refractivity contribution in [3.8, 4) is 11.5 Å². The molecule has 0 fully saturated rings. The summed E-state index contributed by atoms with van der Waals surface area (Å²) in [6.45, 7) is 0. The van der Waals surface area contributed by atoms with E-state index in [1.807, 2.05) is 0 Å². The van der Waals surface area contributed by atoms with Crippen LogP contribution in [0.5, 0.6) is 11.5 Å². The minimum atomic E-state index is -0.957. The number of nitrogens with two attached hydrogens (primary N) is 1. The largest absolute Gasteiger partial charge is 0.495 e. The zero-order valence-electron chi connectivity index (χ0n) is 11.5. The molecule has 0 aliphatic rings. The van der Waals surface area contributed by atoms with Crippen molar-refractivity contribution in [2.24, 2.45) is 5.73 Å². The van der Waals surface area contributed by atoms with Crippen LogP contribution in [0.1, 0.15) is 17.2 Å². The number of benzene rings is 2. The van der Waals surface area contributed by atoms with E-state index in [0.717, 1.165) is 12.1 Å². The Labute approximate surface area is 126 Å². The summed E-state index contributed by atoms with van der Waals surface area (Å²) in [6, 6.07) is 6.11. The van der Waals surface area contributed by atoms with E-state index in [1.54, 1.807) is 12.1 Å². The lowest BCUT2D eigenvalue weighted by molar-refractivity contribution is 0.390. The van der Waals surface area contributed by atoms with Crippen LogP contribution in [0.4, 0.5) is 8.78 Å². The van der Waals surface area contributed by atoms with Gasteiger partial charge in [-0.1, -0.05) is 17.7 Å². The van der Waals surface area contributed by atoms with Gasteiger partial charge >= 0.3 is 0 Å². The van der Waals surface area contributed by atoms with E-state index in [4.69, 9.17) is 26.8 Å². The fraction of sp³-hybridized carbons (Fsp3) is 0.200. The van der Waals surface area contributed by atoms with E-state index in [-0.39, 0.29) is 5.02 Å². The number of halogens is 3. The van der Waals surface area contributed by atoms with E-state index in [9.17, 15) is 8.78 Å².